The van der Waals surface area contributed by atoms with E-state index in [4.69, 9.17) is 9.26 Å². The van der Waals surface area contributed by atoms with Gasteiger partial charge in [-0.2, -0.15) is 0 Å². The zero-order valence-corrected chi connectivity index (χ0v) is 15.7. The van der Waals surface area contributed by atoms with Crippen molar-refractivity contribution in [1.29, 1.82) is 0 Å². The Labute approximate surface area is 166 Å². The fourth-order valence-corrected chi connectivity index (χ4v) is 2.59. The quantitative estimate of drug-likeness (QED) is 0.623. The van der Waals surface area contributed by atoms with Crippen LogP contribution in [0.25, 0.3) is 11.3 Å². The summed E-state index contributed by atoms with van der Waals surface area (Å²) in [6, 6.07) is 17.5. The molecule has 0 spiro atoms. The summed E-state index contributed by atoms with van der Waals surface area (Å²) in [6.07, 6.45) is 0. The van der Waals surface area contributed by atoms with Gasteiger partial charge in [-0.1, -0.05) is 65.8 Å². The molecule has 0 aliphatic rings. The highest BCUT2D eigenvalue weighted by Crippen LogP contribution is 2.25. The van der Waals surface area contributed by atoms with Crippen LogP contribution in [-0.4, -0.2) is 29.7 Å². The largest absolute Gasteiger partial charge is 0.452 e. The summed E-state index contributed by atoms with van der Waals surface area (Å²) in [5, 5.41) is 8.55. The molecule has 3 aromatic rings. The lowest BCUT2D eigenvalue weighted by atomic mass is 10.1. The number of esters is 1. The molecule has 8 heteroatoms. The third-order valence-corrected chi connectivity index (χ3v) is 4.00. The first-order chi connectivity index (χ1) is 14.0. The maximum absolute atomic E-state index is 12.4. The molecule has 1 heterocycles. The van der Waals surface area contributed by atoms with Crippen molar-refractivity contribution in [1.82, 2.24) is 15.8 Å². The average molecular weight is 393 g/mol. The monoisotopic (exact) mass is 393 g/mol. The van der Waals surface area contributed by atoms with Crippen LogP contribution in [0.15, 0.2) is 65.2 Å². The van der Waals surface area contributed by atoms with Gasteiger partial charge in [0.2, 0.25) is 0 Å². The second-order valence-corrected chi connectivity index (χ2v) is 6.12. The molecule has 0 radical (unpaired) electrons. The Balaban J connectivity index is 1.52. The van der Waals surface area contributed by atoms with Gasteiger partial charge in [-0.05, 0) is 12.5 Å². The highest BCUT2D eigenvalue weighted by molar-refractivity contribution is 5.99. The maximum atomic E-state index is 12.4. The van der Waals surface area contributed by atoms with Crippen molar-refractivity contribution < 1.29 is 23.6 Å². The number of imide groups is 1. The van der Waals surface area contributed by atoms with Crippen LogP contribution in [0.5, 0.6) is 0 Å². The fraction of sp³-hybridized carbons (Fsp3) is 0.143. The van der Waals surface area contributed by atoms with Crippen LogP contribution in [0.4, 0.5) is 4.79 Å². The van der Waals surface area contributed by atoms with E-state index in [0.29, 0.717) is 11.3 Å². The lowest BCUT2D eigenvalue weighted by molar-refractivity contribution is -0.123. The van der Waals surface area contributed by atoms with Gasteiger partial charge in [0.05, 0.1) is 0 Å². The summed E-state index contributed by atoms with van der Waals surface area (Å²) in [7, 11) is 0. The molecule has 8 nitrogen and oxygen atoms in total. The number of carbonyl (C=O) groups excluding carboxylic acids is 3. The predicted molar refractivity (Wildman–Crippen MR) is 104 cm³/mol. The molecule has 0 atom stereocenters. The second kappa shape index (κ2) is 9.32. The molecule has 0 saturated carbocycles. The summed E-state index contributed by atoms with van der Waals surface area (Å²) in [6.45, 7) is 1.23. The number of urea groups is 1. The molecule has 0 unspecified atom stereocenters. The Hall–Kier alpha value is -3.94. The summed E-state index contributed by atoms with van der Waals surface area (Å²) in [5.41, 5.74) is 2.03. The Kier molecular flexibility index (Phi) is 6.36. The van der Waals surface area contributed by atoms with E-state index in [2.05, 4.69) is 15.8 Å². The molecule has 2 N–H and O–H groups in total. The van der Waals surface area contributed by atoms with Crippen LogP contribution in [0.2, 0.25) is 0 Å². The minimum Gasteiger partial charge on any atom is -0.452 e. The van der Waals surface area contributed by atoms with E-state index in [1.165, 1.54) is 0 Å². The minimum absolute atomic E-state index is 0.137. The number of ether oxygens (including phenoxy) is 1. The van der Waals surface area contributed by atoms with Crippen LogP contribution in [0.3, 0.4) is 0 Å². The number of rotatable bonds is 6. The van der Waals surface area contributed by atoms with E-state index in [9.17, 15) is 14.4 Å². The number of aromatic nitrogens is 1. The van der Waals surface area contributed by atoms with Crippen LogP contribution >= 0.6 is 0 Å². The molecule has 0 bridgehead atoms. The summed E-state index contributed by atoms with van der Waals surface area (Å²) < 4.78 is 10.1. The molecule has 3 rings (SSSR count). The van der Waals surface area contributed by atoms with Gasteiger partial charge in [-0.3, -0.25) is 10.1 Å². The molecule has 2 aromatic carbocycles. The normalized spacial score (nSPS) is 10.2. The molecule has 3 amide bonds. The molecular formula is C21H19N3O5. The molecule has 0 fully saturated rings. The fourth-order valence-electron chi connectivity index (χ4n) is 2.59. The zero-order chi connectivity index (χ0) is 20.6. The smallest absolute Gasteiger partial charge is 0.344 e. The molecule has 0 aliphatic carbocycles. The highest BCUT2D eigenvalue weighted by atomic mass is 16.5. The van der Waals surface area contributed by atoms with Gasteiger partial charge in [0, 0.05) is 12.1 Å². The number of amides is 3. The number of nitrogens with one attached hydrogen (secondary N) is 2. The van der Waals surface area contributed by atoms with E-state index in [-0.39, 0.29) is 17.9 Å². The molecule has 0 saturated heterocycles. The number of aryl methyl sites for hydroxylation is 1. The highest BCUT2D eigenvalue weighted by Gasteiger charge is 2.23. The van der Waals surface area contributed by atoms with Crippen molar-refractivity contribution >= 4 is 17.9 Å². The average Bonchev–Trinajstić information content (AvgIpc) is 3.13. The van der Waals surface area contributed by atoms with Crippen molar-refractivity contribution in [3.8, 4) is 11.3 Å². The van der Waals surface area contributed by atoms with Crippen molar-refractivity contribution in [2.75, 3.05) is 6.61 Å². The topological polar surface area (TPSA) is 111 Å². The van der Waals surface area contributed by atoms with E-state index < -0.39 is 24.5 Å². The third-order valence-electron chi connectivity index (χ3n) is 4.00. The summed E-state index contributed by atoms with van der Waals surface area (Å²) in [4.78, 5) is 36.1. The maximum Gasteiger partial charge on any atom is 0.344 e. The Morgan fingerprint density at radius 1 is 1.00 bits per heavy atom. The summed E-state index contributed by atoms with van der Waals surface area (Å²) in [5.74, 6) is -1.24. The first kappa shape index (κ1) is 19.8. The summed E-state index contributed by atoms with van der Waals surface area (Å²) >= 11 is 0. The first-order valence-electron chi connectivity index (χ1n) is 8.85. The molecule has 1 aromatic heterocycles. The van der Waals surface area contributed by atoms with Gasteiger partial charge in [-0.15, -0.1) is 0 Å². The predicted octanol–water partition coefficient (Wildman–Crippen LogP) is 2.83. The standard InChI is InChI=1S/C21H19N3O5/c1-14-18(19(24-29-14)16-10-6-3-7-11-16)20(26)28-13-17(25)23-21(27)22-12-15-8-4-2-5-9-15/h2-11H,12-13H2,1H3,(H2,22,23,25,27). The van der Waals surface area contributed by atoms with Crippen molar-refractivity contribution in [2.24, 2.45) is 0 Å². The van der Waals surface area contributed by atoms with Crippen LogP contribution in [0.1, 0.15) is 21.7 Å². The van der Waals surface area contributed by atoms with Crippen LogP contribution in [0, 0.1) is 6.92 Å². The van der Waals surface area contributed by atoms with Gasteiger partial charge in [0.15, 0.2) is 6.61 Å². The van der Waals surface area contributed by atoms with E-state index in [0.717, 1.165) is 5.56 Å². The molecule has 148 valence electrons. The van der Waals surface area contributed by atoms with Crippen LogP contribution in [-0.2, 0) is 16.1 Å². The third kappa shape index (κ3) is 5.29. The number of nitrogens with zero attached hydrogens (tertiary/aromatic N) is 1. The number of carbonyl (C=O) groups is 3. The van der Waals surface area contributed by atoms with Gasteiger partial charge in [0.25, 0.3) is 5.91 Å². The van der Waals surface area contributed by atoms with Gasteiger partial charge >= 0.3 is 12.0 Å². The number of benzene rings is 2. The number of hydrogen-bond donors (Lipinski definition) is 2. The van der Waals surface area contributed by atoms with E-state index >= 15 is 0 Å². The van der Waals surface area contributed by atoms with Gasteiger partial charge in [-0.25, -0.2) is 9.59 Å². The van der Waals surface area contributed by atoms with Crippen molar-refractivity contribution in [3.05, 3.63) is 77.6 Å². The lowest BCUT2D eigenvalue weighted by Gasteiger charge is -2.08. The van der Waals surface area contributed by atoms with E-state index in [1.807, 2.05) is 36.4 Å². The first-order valence-corrected chi connectivity index (χ1v) is 8.85. The SMILES string of the molecule is Cc1onc(-c2ccccc2)c1C(=O)OCC(=O)NC(=O)NCc1ccccc1. The molecule has 0 aliphatic heterocycles. The zero-order valence-electron chi connectivity index (χ0n) is 15.7. The van der Waals surface area contributed by atoms with Crippen molar-refractivity contribution in [2.45, 2.75) is 13.5 Å². The number of hydrogen-bond acceptors (Lipinski definition) is 6. The van der Waals surface area contributed by atoms with Gasteiger partial charge < -0.3 is 14.6 Å². The Morgan fingerprint density at radius 3 is 2.34 bits per heavy atom. The molecule has 29 heavy (non-hydrogen) atoms. The van der Waals surface area contributed by atoms with Crippen molar-refractivity contribution in [3.63, 3.8) is 0 Å². The second-order valence-electron chi connectivity index (χ2n) is 6.12. The molecular weight excluding hydrogens is 374 g/mol. The lowest BCUT2D eigenvalue weighted by Crippen LogP contribution is -2.41. The minimum atomic E-state index is -0.762. The Bertz CT molecular complexity index is 1000. The van der Waals surface area contributed by atoms with Gasteiger partial charge in [0.1, 0.15) is 17.0 Å². The Morgan fingerprint density at radius 2 is 1.66 bits per heavy atom. The van der Waals surface area contributed by atoms with Crippen LogP contribution < -0.4 is 10.6 Å². The van der Waals surface area contributed by atoms with E-state index in [1.54, 1.807) is 31.2 Å².